The summed E-state index contributed by atoms with van der Waals surface area (Å²) in [6.07, 6.45) is 3.01. The molecule has 1 atom stereocenters. The van der Waals surface area contributed by atoms with Crippen molar-refractivity contribution in [2.24, 2.45) is 0 Å². The zero-order chi connectivity index (χ0) is 21.3. The number of pyridine rings is 1. The van der Waals surface area contributed by atoms with Crippen molar-refractivity contribution < 1.29 is 4.79 Å². The molecule has 0 spiro atoms. The van der Waals surface area contributed by atoms with Gasteiger partial charge in [-0.05, 0) is 43.5 Å². The minimum Gasteiger partial charge on any atom is -0.343 e. The Balaban J connectivity index is 1.86. The maximum absolute atomic E-state index is 13.4. The number of carbonyl (C=O) groups excluding carboxylic acids is 1. The molecular weight excluding hydrogens is 400 g/mol. The molecule has 150 valence electrons. The number of aryl methyl sites for hydroxylation is 1. The molecule has 2 heterocycles. The molecule has 0 radical (unpaired) electrons. The molecule has 2 aromatic carbocycles. The van der Waals surface area contributed by atoms with Crippen LogP contribution in [0, 0.1) is 6.92 Å². The molecule has 1 amide bonds. The molecule has 4 aromatic rings. The molecule has 7 heteroatoms. The first-order valence-electron chi connectivity index (χ1n) is 9.45. The number of hydrogen-bond donors (Lipinski definition) is 1. The molecular formula is C23H19ClN4O2. The summed E-state index contributed by atoms with van der Waals surface area (Å²) in [4.78, 5) is 34.4. The van der Waals surface area contributed by atoms with Crippen LogP contribution in [0.3, 0.4) is 0 Å². The molecule has 0 unspecified atom stereocenters. The van der Waals surface area contributed by atoms with E-state index in [1.54, 1.807) is 23.6 Å². The van der Waals surface area contributed by atoms with Crippen LogP contribution in [0.2, 0.25) is 5.02 Å². The first kappa shape index (κ1) is 19.8. The highest BCUT2D eigenvalue weighted by Crippen LogP contribution is 2.25. The van der Waals surface area contributed by atoms with Crippen LogP contribution in [0.1, 0.15) is 34.8 Å². The molecule has 0 aliphatic carbocycles. The van der Waals surface area contributed by atoms with Crippen molar-refractivity contribution in [2.45, 2.75) is 19.9 Å². The van der Waals surface area contributed by atoms with Crippen LogP contribution in [-0.4, -0.2) is 20.4 Å². The number of carbonyl (C=O) groups is 1. The number of nitrogens with zero attached hydrogens (tertiary/aromatic N) is 3. The van der Waals surface area contributed by atoms with E-state index in [4.69, 9.17) is 11.6 Å². The standard InChI is InChI=1S/C23H19ClN4O2/c1-14(27-22(29)21-15(2)25-11-12-26-21)19-13-16-7-6-10-18(24)20(16)23(30)28(19)17-8-4-3-5-9-17/h3-14H,1-2H3,(H,27,29)/t14-/m0/s1. The molecule has 0 bridgehead atoms. The Labute approximate surface area is 178 Å². The summed E-state index contributed by atoms with van der Waals surface area (Å²) in [7, 11) is 0. The van der Waals surface area contributed by atoms with Crippen molar-refractivity contribution in [3.63, 3.8) is 0 Å². The van der Waals surface area contributed by atoms with E-state index in [1.807, 2.05) is 49.4 Å². The molecule has 6 nitrogen and oxygen atoms in total. The fraction of sp³-hybridized carbons (Fsp3) is 0.130. The number of fused-ring (bicyclic) bond motifs is 1. The fourth-order valence-corrected chi connectivity index (χ4v) is 3.73. The minimum absolute atomic E-state index is 0.240. The van der Waals surface area contributed by atoms with Crippen LogP contribution in [0.25, 0.3) is 16.5 Å². The summed E-state index contributed by atoms with van der Waals surface area (Å²) < 4.78 is 1.59. The lowest BCUT2D eigenvalue weighted by molar-refractivity contribution is 0.0932. The van der Waals surface area contributed by atoms with Crippen molar-refractivity contribution in [2.75, 3.05) is 0 Å². The number of rotatable bonds is 4. The Bertz CT molecular complexity index is 1300. The van der Waals surface area contributed by atoms with E-state index < -0.39 is 6.04 Å². The average molecular weight is 419 g/mol. The van der Waals surface area contributed by atoms with E-state index in [2.05, 4.69) is 15.3 Å². The zero-order valence-corrected chi connectivity index (χ0v) is 17.2. The second-order valence-electron chi connectivity index (χ2n) is 6.93. The van der Waals surface area contributed by atoms with Gasteiger partial charge in [0.1, 0.15) is 5.69 Å². The molecule has 4 rings (SSSR count). The summed E-state index contributed by atoms with van der Waals surface area (Å²) >= 11 is 6.34. The second kappa shape index (κ2) is 8.08. The Kier molecular flexibility index (Phi) is 5.33. The Morgan fingerprint density at radius 2 is 1.80 bits per heavy atom. The van der Waals surface area contributed by atoms with Gasteiger partial charge < -0.3 is 5.32 Å². The fourth-order valence-electron chi connectivity index (χ4n) is 3.47. The van der Waals surface area contributed by atoms with Gasteiger partial charge in [0.15, 0.2) is 0 Å². The van der Waals surface area contributed by atoms with E-state index in [1.165, 1.54) is 12.4 Å². The van der Waals surface area contributed by atoms with E-state index in [0.717, 1.165) is 0 Å². The topological polar surface area (TPSA) is 76.9 Å². The van der Waals surface area contributed by atoms with Gasteiger partial charge in [0.2, 0.25) is 0 Å². The minimum atomic E-state index is -0.477. The number of aromatic nitrogens is 3. The molecule has 0 aliphatic rings. The number of hydrogen-bond acceptors (Lipinski definition) is 4. The van der Waals surface area contributed by atoms with E-state index >= 15 is 0 Å². The van der Waals surface area contributed by atoms with Gasteiger partial charge in [-0.1, -0.05) is 41.9 Å². The van der Waals surface area contributed by atoms with E-state index in [9.17, 15) is 9.59 Å². The quantitative estimate of drug-likeness (QED) is 0.538. The lowest BCUT2D eigenvalue weighted by Crippen LogP contribution is -2.33. The van der Waals surface area contributed by atoms with Gasteiger partial charge in [-0.25, -0.2) is 4.98 Å². The summed E-state index contributed by atoms with van der Waals surface area (Å²) in [5, 5.41) is 4.48. The average Bonchev–Trinajstić information content (AvgIpc) is 2.74. The maximum Gasteiger partial charge on any atom is 0.272 e. The van der Waals surface area contributed by atoms with Gasteiger partial charge in [-0.15, -0.1) is 0 Å². The largest absolute Gasteiger partial charge is 0.343 e. The van der Waals surface area contributed by atoms with Gasteiger partial charge >= 0.3 is 0 Å². The highest BCUT2D eigenvalue weighted by molar-refractivity contribution is 6.35. The van der Waals surface area contributed by atoms with Crippen molar-refractivity contribution in [3.05, 3.63) is 99.4 Å². The molecule has 30 heavy (non-hydrogen) atoms. The molecule has 0 aliphatic heterocycles. The lowest BCUT2D eigenvalue weighted by atomic mass is 10.1. The van der Waals surface area contributed by atoms with Crippen molar-refractivity contribution in [1.29, 1.82) is 0 Å². The highest BCUT2D eigenvalue weighted by Gasteiger charge is 2.21. The van der Waals surface area contributed by atoms with Gasteiger partial charge in [-0.2, -0.15) is 0 Å². The Hall–Kier alpha value is -3.51. The third kappa shape index (κ3) is 3.57. The Morgan fingerprint density at radius 1 is 1.07 bits per heavy atom. The highest BCUT2D eigenvalue weighted by atomic mass is 35.5. The SMILES string of the molecule is Cc1nccnc1C(=O)N[C@@H](C)c1cc2cccc(Cl)c2c(=O)n1-c1ccccc1. The number of halogens is 1. The van der Waals surface area contributed by atoms with Crippen LogP contribution < -0.4 is 10.9 Å². The molecule has 1 N–H and O–H groups in total. The number of benzene rings is 2. The normalized spacial score (nSPS) is 12.0. The third-order valence-electron chi connectivity index (χ3n) is 4.93. The van der Waals surface area contributed by atoms with E-state index in [-0.39, 0.29) is 17.2 Å². The third-order valence-corrected chi connectivity index (χ3v) is 5.24. The second-order valence-corrected chi connectivity index (χ2v) is 7.34. The molecule has 0 fully saturated rings. The van der Waals surface area contributed by atoms with Crippen LogP contribution in [-0.2, 0) is 0 Å². The van der Waals surface area contributed by atoms with Gasteiger partial charge in [0, 0.05) is 23.8 Å². The van der Waals surface area contributed by atoms with Crippen LogP contribution in [0.5, 0.6) is 0 Å². The number of nitrogens with one attached hydrogen (secondary N) is 1. The van der Waals surface area contributed by atoms with Gasteiger partial charge in [0.05, 0.1) is 22.1 Å². The summed E-state index contributed by atoms with van der Waals surface area (Å²) in [5.41, 5.74) is 1.87. The van der Waals surface area contributed by atoms with Crippen molar-refractivity contribution in [1.82, 2.24) is 19.9 Å². The number of amides is 1. The summed E-state index contributed by atoms with van der Waals surface area (Å²) in [6.45, 7) is 3.55. The zero-order valence-electron chi connectivity index (χ0n) is 16.5. The monoisotopic (exact) mass is 418 g/mol. The lowest BCUT2D eigenvalue weighted by Gasteiger charge is -2.21. The van der Waals surface area contributed by atoms with Gasteiger partial charge in [-0.3, -0.25) is 19.1 Å². The van der Waals surface area contributed by atoms with Crippen LogP contribution in [0.4, 0.5) is 0 Å². The molecule has 0 saturated carbocycles. The molecule has 2 aromatic heterocycles. The smallest absolute Gasteiger partial charge is 0.272 e. The summed E-state index contributed by atoms with van der Waals surface area (Å²) in [5.74, 6) is -0.355. The number of para-hydroxylation sites is 1. The van der Waals surface area contributed by atoms with Crippen LogP contribution in [0.15, 0.2) is 71.8 Å². The van der Waals surface area contributed by atoms with Crippen molar-refractivity contribution >= 4 is 28.3 Å². The van der Waals surface area contributed by atoms with Crippen molar-refractivity contribution in [3.8, 4) is 5.69 Å². The molecule has 0 saturated heterocycles. The first-order chi connectivity index (χ1) is 14.5. The maximum atomic E-state index is 13.4. The first-order valence-corrected chi connectivity index (χ1v) is 9.83. The summed E-state index contributed by atoms with van der Waals surface area (Å²) in [6, 6.07) is 16.0. The predicted molar refractivity (Wildman–Crippen MR) is 117 cm³/mol. The van der Waals surface area contributed by atoms with Gasteiger partial charge in [0.25, 0.3) is 11.5 Å². The Morgan fingerprint density at radius 3 is 2.53 bits per heavy atom. The predicted octanol–water partition coefficient (Wildman–Crippen LogP) is 4.23. The van der Waals surface area contributed by atoms with Crippen LogP contribution >= 0.6 is 11.6 Å². The van der Waals surface area contributed by atoms with E-state index in [0.29, 0.717) is 32.9 Å².